The van der Waals surface area contributed by atoms with Crippen LogP contribution in [0.4, 0.5) is 5.69 Å². The highest BCUT2D eigenvalue weighted by Gasteiger charge is 2.46. The number of esters is 1. The number of carbonyl (C=O) groups is 1. The molecule has 0 amide bonds. The van der Waals surface area contributed by atoms with E-state index in [9.17, 15) is 13.2 Å². The van der Waals surface area contributed by atoms with E-state index >= 15 is 0 Å². The minimum absolute atomic E-state index is 0.129. The monoisotopic (exact) mass is 556 g/mol. The van der Waals surface area contributed by atoms with Gasteiger partial charge in [-0.25, -0.2) is 4.79 Å². The Labute approximate surface area is 213 Å². The summed E-state index contributed by atoms with van der Waals surface area (Å²) in [5.74, 6) is -0.409. The largest absolute Gasteiger partial charge is 0.455 e. The molecule has 0 bridgehead atoms. The molecule has 0 fully saturated rings. The van der Waals surface area contributed by atoms with Crippen LogP contribution in [0.2, 0.25) is 0 Å². The SMILES string of the molecule is CC(C)(C)OC(=O)C1=NC(c2ccc(OS(C)(=O)=O)cc2)(c2cccc(Br)c2)c2cccc(N)c21. The zero-order chi connectivity index (χ0) is 25.6. The first kappa shape index (κ1) is 24.9. The van der Waals surface area contributed by atoms with Gasteiger partial charge in [0.1, 0.15) is 16.9 Å². The smallest absolute Gasteiger partial charge is 0.357 e. The number of ether oxygens (including phenoxy) is 1. The number of carbonyl (C=O) groups excluding carboxylic acids is 1. The number of nitrogens with zero attached hydrogens (tertiary/aromatic N) is 1. The first-order valence-electron chi connectivity index (χ1n) is 10.8. The summed E-state index contributed by atoms with van der Waals surface area (Å²) in [6.07, 6.45) is 0.983. The lowest BCUT2D eigenvalue weighted by Gasteiger charge is -2.29. The zero-order valence-corrected chi connectivity index (χ0v) is 22.1. The van der Waals surface area contributed by atoms with Gasteiger partial charge in [-0.05, 0) is 62.2 Å². The van der Waals surface area contributed by atoms with Crippen LogP contribution in [0.25, 0.3) is 0 Å². The van der Waals surface area contributed by atoms with Crippen molar-refractivity contribution >= 4 is 43.4 Å². The number of hydrogen-bond acceptors (Lipinski definition) is 7. The summed E-state index contributed by atoms with van der Waals surface area (Å²) >= 11 is 3.54. The van der Waals surface area contributed by atoms with Crippen molar-refractivity contribution in [2.24, 2.45) is 4.99 Å². The van der Waals surface area contributed by atoms with Gasteiger partial charge >= 0.3 is 16.1 Å². The van der Waals surface area contributed by atoms with Crippen LogP contribution >= 0.6 is 15.9 Å². The third kappa shape index (κ3) is 4.97. The number of benzene rings is 3. The van der Waals surface area contributed by atoms with E-state index < -0.39 is 27.2 Å². The second-order valence-corrected chi connectivity index (χ2v) is 11.8. The van der Waals surface area contributed by atoms with E-state index in [2.05, 4.69) is 15.9 Å². The molecule has 1 aliphatic rings. The number of nitrogen functional groups attached to an aromatic ring is 1. The number of anilines is 1. The molecule has 0 spiro atoms. The second kappa shape index (κ2) is 8.80. The van der Waals surface area contributed by atoms with Gasteiger partial charge in [-0.15, -0.1) is 0 Å². The maximum atomic E-state index is 13.3. The van der Waals surface area contributed by atoms with E-state index in [1.54, 1.807) is 51.1 Å². The highest BCUT2D eigenvalue weighted by Crippen LogP contribution is 2.48. The number of aliphatic imine (C=N–C) groups is 1. The molecule has 182 valence electrons. The Kier molecular flexibility index (Phi) is 6.27. The van der Waals surface area contributed by atoms with Gasteiger partial charge in [0.25, 0.3) is 0 Å². The minimum Gasteiger partial charge on any atom is -0.455 e. The van der Waals surface area contributed by atoms with Crippen LogP contribution in [0.5, 0.6) is 5.75 Å². The summed E-state index contributed by atoms with van der Waals surface area (Å²) in [4.78, 5) is 18.3. The Bertz CT molecular complexity index is 1440. The average Bonchev–Trinajstić information content (AvgIpc) is 3.10. The van der Waals surface area contributed by atoms with E-state index in [0.717, 1.165) is 16.3 Å². The van der Waals surface area contributed by atoms with Crippen molar-refractivity contribution in [3.05, 3.63) is 93.5 Å². The summed E-state index contributed by atoms with van der Waals surface area (Å²) in [5.41, 5.74) is 7.76. The molecular formula is C26H25BrN2O5S. The van der Waals surface area contributed by atoms with E-state index in [0.29, 0.717) is 22.4 Å². The first-order chi connectivity index (χ1) is 16.3. The Hall–Kier alpha value is -3.17. The maximum absolute atomic E-state index is 13.3. The molecule has 1 heterocycles. The Balaban J connectivity index is 2.00. The molecule has 0 aromatic heterocycles. The van der Waals surface area contributed by atoms with Crippen molar-refractivity contribution in [3.63, 3.8) is 0 Å². The van der Waals surface area contributed by atoms with Gasteiger partial charge in [-0.3, -0.25) is 4.99 Å². The molecule has 7 nitrogen and oxygen atoms in total. The van der Waals surface area contributed by atoms with Crippen molar-refractivity contribution in [1.29, 1.82) is 0 Å². The van der Waals surface area contributed by atoms with Crippen molar-refractivity contribution in [2.75, 3.05) is 12.0 Å². The molecule has 9 heteroatoms. The standard InChI is InChI=1S/C26H25BrN2O5S/c1-25(2,3)33-24(30)23-22-20(9-6-10-21(22)28)26(29-23,17-7-5-8-18(27)15-17)16-11-13-19(14-12-16)34-35(4,31)32/h5-15H,28H2,1-4H3. The van der Waals surface area contributed by atoms with E-state index in [1.165, 1.54) is 0 Å². The highest BCUT2D eigenvalue weighted by molar-refractivity contribution is 9.10. The molecule has 35 heavy (non-hydrogen) atoms. The molecule has 1 atom stereocenters. The lowest BCUT2D eigenvalue weighted by Crippen LogP contribution is -2.29. The van der Waals surface area contributed by atoms with Crippen LogP contribution in [0.15, 0.2) is 76.2 Å². The van der Waals surface area contributed by atoms with Gasteiger partial charge < -0.3 is 14.7 Å². The van der Waals surface area contributed by atoms with Crippen molar-refractivity contribution in [3.8, 4) is 5.75 Å². The minimum atomic E-state index is -3.69. The molecule has 0 radical (unpaired) electrons. The lowest BCUT2D eigenvalue weighted by atomic mass is 9.77. The predicted octanol–water partition coefficient (Wildman–Crippen LogP) is 4.81. The Morgan fingerprint density at radius 3 is 2.26 bits per heavy atom. The van der Waals surface area contributed by atoms with Gasteiger partial charge in [-0.1, -0.05) is 52.3 Å². The fraction of sp³-hybridized carbons (Fsp3) is 0.231. The van der Waals surface area contributed by atoms with Crippen LogP contribution in [0, 0.1) is 0 Å². The van der Waals surface area contributed by atoms with Gasteiger partial charge in [0, 0.05) is 21.3 Å². The summed E-state index contributed by atoms with van der Waals surface area (Å²) in [7, 11) is -3.69. The van der Waals surface area contributed by atoms with Crippen LogP contribution in [-0.2, 0) is 25.2 Å². The maximum Gasteiger partial charge on any atom is 0.357 e. The van der Waals surface area contributed by atoms with Gasteiger partial charge in [0.2, 0.25) is 0 Å². The molecule has 0 aliphatic carbocycles. The number of rotatable bonds is 5. The van der Waals surface area contributed by atoms with Gasteiger partial charge in [0.05, 0.1) is 6.26 Å². The number of hydrogen-bond donors (Lipinski definition) is 1. The fourth-order valence-electron chi connectivity index (χ4n) is 4.14. The second-order valence-electron chi connectivity index (χ2n) is 9.26. The highest BCUT2D eigenvalue weighted by atomic mass is 79.9. The lowest BCUT2D eigenvalue weighted by molar-refractivity contribution is -0.146. The third-order valence-electron chi connectivity index (χ3n) is 5.36. The quantitative estimate of drug-likeness (QED) is 0.274. The van der Waals surface area contributed by atoms with Crippen molar-refractivity contribution in [1.82, 2.24) is 0 Å². The third-order valence-corrected chi connectivity index (χ3v) is 6.35. The number of halogens is 1. The molecule has 0 saturated heterocycles. The molecule has 4 rings (SSSR count). The van der Waals surface area contributed by atoms with E-state index in [4.69, 9.17) is 19.6 Å². The van der Waals surface area contributed by atoms with Gasteiger partial charge in [0.15, 0.2) is 5.71 Å². The molecular weight excluding hydrogens is 532 g/mol. The molecule has 3 aromatic carbocycles. The summed E-state index contributed by atoms with van der Waals surface area (Å²) in [6, 6.07) is 19.6. The molecule has 1 unspecified atom stereocenters. The van der Waals surface area contributed by atoms with E-state index in [-0.39, 0.29) is 11.5 Å². The molecule has 3 aromatic rings. The molecule has 1 aliphatic heterocycles. The normalized spacial score (nSPS) is 17.5. The first-order valence-corrected chi connectivity index (χ1v) is 13.4. The molecule has 0 saturated carbocycles. The van der Waals surface area contributed by atoms with Crippen LogP contribution in [-0.4, -0.2) is 32.0 Å². The number of fused-ring (bicyclic) bond motifs is 1. The predicted molar refractivity (Wildman–Crippen MR) is 139 cm³/mol. The summed E-state index contributed by atoms with van der Waals surface area (Å²) < 4.78 is 34.7. The van der Waals surface area contributed by atoms with Crippen molar-refractivity contribution < 1.29 is 22.1 Å². The summed E-state index contributed by atoms with van der Waals surface area (Å²) in [6.45, 7) is 5.37. The van der Waals surface area contributed by atoms with Crippen LogP contribution in [0.3, 0.4) is 0 Å². The van der Waals surface area contributed by atoms with Crippen molar-refractivity contribution in [2.45, 2.75) is 31.9 Å². The average molecular weight is 557 g/mol. The number of nitrogens with two attached hydrogens (primary N) is 1. The Morgan fingerprint density at radius 2 is 1.66 bits per heavy atom. The van der Waals surface area contributed by atoms with Gasteiger partial charge in [-0.2, -0.15) is 8.42 Å². The molecule has 2 N–H and O–H groups in total. The van der Waals surface area contributed by atoms with Crippen LogP contribution < -0.4 is 9.92 Å². The topological polar surface area (TPSA) is 108 Å². The fourth-order valence-corrected chi connectivity index (χ4v) is 5.00. The van der Waals surface area contributed by atoms with Crippen LogP contribution in [0.1, 0.15) is 43.0 Å². The van der Waals surface area contributed by atoms with E-state index in [1.807, 2.05) is 36.4 Å². The Morgan fingerprint density at radius 1 is 1.00 bits per heavy atom. The zero-order valence-electron chi connectivity index (χ0n) is 19.7. The summed E-state index contributed by atoms with van der Waals surface area (Å²) in [5, 5.41) is 0.